The molecule has 1 heterocycles. The van der Waals surface area contributed by atoms with Gasteiger partial charge in [-0.05, 0) is 56.0 Å². The largest absolute Gasteiger partial charge is 0.492 e. The first-order chi connectivity index (χ1) is 12.1. The first-order valence-electron chi connectivity index (χ1n) is 8.40. The second kappa shape index (κ2) is 7.85. The number of carbonyl (C=O) groups excluding carboxylic acids is 1. The van der Waals surface area contributed by atoms with E-state index in [4.69, 9.17) is 16.3 Å². The van der Waals surface area contributed by atoms with Crippen LogP contribution in [-0.2, 0) is 0 Å². The molecule has 132 valence electrons. The fraction of sp³-hybridized carbons (Fsp3) is 0.368. The van der Waals surface area contributed by atoms with Crippen LogP contribution < -0.4 is 10.1 Å². The van der Waals surface area contributed by atoms with E-state index in [0.717, 1.165) is 5.69 Å². The SMILES string of the molecule is CCOc1ccc(C(=O)NC(c2ccccn2)C2CC(O)C2)cc1Cl. The molecular weight excluding hydrogens is 340 g/mol. The maximum atomic E-state index is 12.7. The van der Waals surface area contributed by atoms with Gasteiger partial charge in [0.05, 0.1) is 29.5 Å². The molecule has 3 rings (SSSR count). The van der Waals surface area contributed by atoms with Crippen molar-refractivity contribution in [3.63, 3.8) is 0 Å². The Labute approximate surface area is 152 Å². The Morgan fingerprint density at radius 2 is 2.20 bits per heavy atom. The Balaban J connectivity index is 1.77. The molecule has 1 aliphatic rings. The highest BCUT2D eigenvalue weighted by molar-refractivity contribution is 6.32. The lowest BCUT2D eigenvalue weighted by molar-refractivity contribution is 0.0228. The Hall–Kier alpha value is -2.11. The number of ether oxygens (including phenoxy) is 1. The summed E-state index contributed by atoms with van der Waals surface area (Å²) < 4.78 is 5.40. The number of nitrogens with one attached hydrogen (secondary N) is 1. The van der Waals surface area contributed by atoms with Crippen LogP contribution in [0.4, 0.5) is 0 Å². The first-order valence-corrected chi connectivity index (χ1v) is 8.78. The molecule has 25 heavy (non-hydrogen) atoms. The van der Waals surface area contributed by atoms with Crippen molar-refractivity contribution in [3.8, 4) is 5.75 Å². The zero-order chi connectivity index (χ0) is 17.8. The number of aliphatic hydroxyl groups excluding tert-OH is 1. The van der Waals surface area contributed by atoms with Crippen molar-refractivity contribution < 1.29 is 14.6 Å². The molecule has 5 nitrogen and oxygen atoms in total. The molecule has 1 aromatic heterocycles. The van der Waals surface area contributed by atoms with E-state index in [9.17, 15) is 9.90 Å². The van der Waals surface area contributed by atoms with Gasteiger partial charge in [-0.25, -0.2) is 0 Å². The number of amides is 1. The van der Waals surface area contributed by atoms with Crippen LogP contribution in [0, 0.1) is 5.92 Å². The average molecular weight is 361 g/mol. The molecule has 1 unspecified atom stereocenters. The quantitative estimate of drug-likeness (QED) is 0.828. The predicted molar refractivity (Wildman–Crippen MR) is 95.8 cm³/mol. The summed E-state index contributed by atoms with van der Waals surface area (Å²) in [6.45, 7) is 2.39. The zero-order valence-corrected chi connectivity index (χ0v) is 14.7. The number of benzene rings is 1. The van der Waals surface area contributed by atoms with Crippen molar-refractivity contribution in [1.82, 2.24) is 10.3 Å². The van der Waals surface area contributed by atoms with Crippen LogP contribution in [-0.4, -0.2) is 28.7 Å². The molecule has 0 aliphatic heterocycles. The topological polar surface area (TPSA) is 71.5 Å². The van der Waals surface area contributed by atoms with Gasteiger partial charge in [-0.15, -0.1) is 0 Å². The monoisotopic (exact) mass is 360 g/mol. The summed E-state index contributed by atoms with van der Waals surface area (Å²) in [7, 11) is 0. The maximum absolute atomic E-state index is 12.7. The summed E-state index contributed by atoms with van der Waals surface area (Å²) in [5.41, 5.74) is 1.26. The van der Waals surface area contributed by atoms with Crippen LogP contribution in [0.1, 0.15) is 41.9 Å². The van der Waals surface area contributed by atoms with E-state index < -0.39 is 0 Å². The number of rotatable bonds is 6. The summed E-state index contributed by atoms with van der Waals surface area (Å²) in [5, 5.41) is 13.1. The number of nitrogens with zero attached hydrogens (tertiary/aromatic N) is 1. The summed E-state index contributed by atoms with van der Waals surface area (Å²) in [4.78, 5) is 17.0. The Kier molecular flexibility index (Phi) is 5.56. The van der Waals surface area contributed by atoms with Gasteiger partial charge in [-0.1, -0.05) is 17.7 Å². The van der Waals surface area contributed by atoms with Crippen LogP contribution in [0.5, 0.6) is 5.75 Å². The van der Waals surface area contributed by atoms with Crippen molar-refractivity contribution in [2.24, 2.45) is 5.92 Å². The third kappa shape index (κ3) is 4.11. The number of hydrogen-bond donors (Lipinski definition) is 2. The van der Waals surface area contributed by atoms with E-state index in [2.05, 4.69) is 10.3 Å². The molecule has 1 saturated carbocycles. The molecule has 0 radical (unpaired) electrons. The number of halogens is 1. The van der Waals surface area contributed by atoms with E-state index >= 15 is 0 Å². The third-order valence-corrected chi connectivity index (χ3v) is 4.70. The number of aromatic nitrogens is 1. The lowest BCUT2D eigenvalue weighted by Crippen LogP contribution is -2.41. The molecule has 1 fully saturated rings. The first kappa shape index (κ1) is 17.7. The molecule has 0 saturated heterocycles. The standard InChI is InChI=1S/C19H21ClN2O3/c1-2-25-17-7-6-12(11-15(17)20)19(24)22-18(13-9-14(23)10-13)16-5-3-4-8-21-16/h3-8,11,13-14,18,23H,2,9-10H2,1H3,(H,22,24). The van der Waals surface area contributed by atoms with Crippen molar-refractivity contribution in [1.29, 1.82) is 0 Å². The number of pyridine rings is 1. The zero-order valence-electron chi connectivity index (χ0n) is 14.0. The molecule has 6 heteroatoms. The summed E-state index contributed by atoms with van der Waals surface area (Å²) in [6, 6.07) is 10.4. The lowest BCUT2D eigenvalue weighted by Gasteiger charge is -2.37. The van der Waals surface area contributed by atoms with Crippen molar-refractivity contribution in [2.75, 3.05) is 6.61 Å². The molecule has 1 aliphatic carbocycles. The number of hydrogen-bond acceptors (Lipinski definition) is 4. The van der Waals surface area contributed by atoms with Crippen LogP contribution in [0.25, 0.3) is 0 Å². The van der Waals surface area contributed by atoms with E-state index in [1.54, 1.807) is 24.4 Å². The summed E-state index contributed by atoms with van der Waals surface area (Å²) >= 11 is 6.18. The van der Waals surface area contributed by atoms with Gasteiger partial charge in [0.1, 0.15) is 5.75 Å². The molecule has 1 atom stereocenters. The minimum atomic E-state index is -0.298. The van der Waals surface area contributed by atoms with Gasteiger partial charge in [0.2, 0.25) is 0 Å². The fourth-order valence-corrected chi connectivity index (χ4v) is 3.27. The van der Waals surface area contributed by atoms with Crippen molar-refractivity contribution >= 4 is 17.5 Å². The van der Waals surface area contributed by atoms with Gasteiger partial charge >= 0.3 is 0 Å². The number of carbonyl (C=O) groups is 1. The third-order valence-electron chi connectivity index (χ3n) is 4.41. The molecule has 1 amide bonds. The van der Waals surface area contributed by atoms with Crippen LogP contribution in [0.3, 0.4) is 0 Å². The minimum absolute atomic E-state index is 0.173. The van der Waals surface area contributed by atoms with Crippen molar-refractivity contribution in [3.05, 3.63) is 58.9 Å². The van der Waals surface area contributed by atoms with Gasteiger partial charge in [-0.3, -0.25) is 9.78 Å². The smallest absolute Gasteiger partial charge is 0.251 e. The number of aliphatic hydroxyl groups is 1. The van der Waals surface area contributed by atoms with E-state index in [-0.39, 0.29) is 24.0 Å². The van der Waals surface area contributed by atoms with Gasteiger partial charge in [0, 0.05) is 11.8 Å². The second-order valence-electron chi connectivity index (χ2n) is 6.17. The van der Waals surface area contributed by atoms with Crippen molar-refractivity contribution in [2.45, 2.75) is 31.9 Å². The normalized spacial score (nSPS) is 20.4. The Bertz CT molecular complexity index is 733. The van der Waals surface area contributed by atoms with Crippen LogP contribution >= 0.6 is 11.6 Å². The minimum Gasteiger partial charge on any atom is -0.492 e. The molecule has 2 N–H and O–H groups in total. The summed E-state index contributed by atoms with van der Waals surface area (Å²) in [5.74, 6) is 0.512. The van der Waals surface area contributed by atoms with Gasteiger partial charge in [0.15, 0.2) is 0 Å². The molecule has 0 spiro atoms. The van der Waals surface area contributed by atoms with E-state index in [1.165, 1.54) is 0 Å². The van der Waals surface area contributed by atoms with Gasteiger partial charge in [0.25, 0.3) is 5.91 Å². The van der Waals surface area contributed by atoms with Crippen LogP contribution in [0.2, 0.25) is 5.02 Å². The second-order valence-corrected chi connectivity index (χ2v) is 6.58. The Morgan fingerprint density at radius 3 is 2.80 bits per heavy atom. The Morgan fingerprint density at radius 1 is 1.40 bits per heavy atom. The molecule has 2 aromatic rings. The summed E-state index contributed by atoms with van der Waals surface area (Å²) in [6.07, 6.45) is 2.72. The highest BCUT2D eigenvalue weighted by atomic mass is 35.5. The molecule has 0 bridgehead atoms. The molecule has 1 aromatic carbocycles. The fourth-order valence-electron chi connectivity index (χ4n) is 3.03. The lowest BCUT2D eigenvalue weighted by atomic mass is 9.76. The van der Waals surface area contributed by atoms with Gasteiger partial charge < -0.3 is 15.2 Å². The van der Waals surface area contributed by atoms with E-state index in [1.807, 2.05) is 25.1 Å². The highest BCUT2D eigenvalue weighted by Gasteiger charge is 2.36. The maximum Gasteiger partial charge on any atom is 0.251 e. The van der Waals surface area contributed by atoms with Gasteiger partial charge in [-0.2, -0.15) is 0 Å². The predicted octanol–water partition coefficient (Wildman–Crippen LogP) is 3.38. The van der Waals surface area contributed by atoms with E-state index in [0.29, 0.717) is 35.8 Å². The highest BCUT2D eigenvalue weighted by Crippen LogP contribution is 2.37. The molecular formula is C19H21ClN2O3. The van der Waals surface area contributed by atoms with Crippen LogP contribution in [0.15, 0.2) is 42.6 Å². The average Bonchev–Trinajstić information content (AvgIpc) is 2.59.